The van der Waals surface area contributed by atoms with E-state index in [-0.39, 0.29) is 5.60 Å². The van der Waals surface area contributed by atoms with Gasteiger partial charge in [0.15, 0.2) is 0 Å². The maximum absolute atomic E-state index is 6.22. The van der Waals surface area contributed by atoms with E-state index < -0.39 is 0 Å². The van der Waals surface area contributed by atoms with Crippen molar-refractivity contribution in [2.75, 3.05) is 32.9 Å². The average Bonchev–Trinajstić information content (AvgIpc) is 2.79. The first-order chi connectivity index (χ1) is 8.36. The van der Waals surface area contributed by atoms with Gasteiger partial charge in [-0.1, -0.05) is 0 Å². The zero-order chi connectivity index (χ0) is 11.6. The van der Waals surface area contributed by atoms with Gasteiger partial charge in [0.05, 0.1) is 24.4 Å². The van der Waals surface area contributed by atoms with Gasteiger partial charge < -0.3 is 19.5 Å². The maximum Gasteiger partial charge on any atom is 0.0961 e. The Morgan fingerprint density at radius 1 is 1.18 bits per heavy atom. The summed E-state index contributed by atoms with van der Waals surface area (Å²) < 4.78 is 17.6. The van der Waals surface area contributed by atoms with Crippen LogP contribution in [-0.4, -0.2) is 50.7 Å². The standard InChI is InChI=1S/C13H23NO3/c1-2-12(9-14-5-1)17-11-3-6-16-13(8-11)4-7-15-10-13/h11-12,14H,1-10H2. The fourth-order valence-corrected chi connectivity index (χ4v) is 3.17. The molecule has 0 bridgehead atoms. The normalized spacial score (nSPS) is 43.1. The summed E-state index contributed by atoms with van der Waals surface area (Å²) >= 11 is 0. The molecule has 3 fully saturated rings. The van der Waals surface area contributed by atoms with Crippen LogP contribution in [0.3, 0.4) is 0 Å². The van der Waals surface area contributed by atoms with Gasteiger partial charge >= 0.3 is 0 Å². The third-order valence-electron chi connectivity index (χ3n) is 4.15. The van der Waals surface area contributed by atoms with Crippen LogP contribution in [-0.2, 0) is 14.2 Å². The fourth-order valence-electron chi connectivity index (χ4n) is 3.17. The summed E-state index contributed by atoms with van der Waals surface area (Å²) in [7, 11) is 0. The van der Waals surface area contributed by atoms with E-state index in [2.05, 4.69) is 5.32 Å². The van der Waals surface area contributed by atoms with Gasteiger partial charge in [-0.3, -0.25) is 0 Å². The Bertz CT molecular complexity index is 247. The van der Waals surface area contributed by atoms with Gasteiger partial charge in [0.1, 0.15) is 0 Å². The third kappa shape index (κ3) is 2.81. The minimum Gasteiger partial charge on any atom is -0.378 e. The summed E-state index contributed by atoms with van der Waals surface area (Å²) in [5, 5.41) is 3.40. The highest BCUT2D eigenvalue weighted by atomic mass is 16.6. The van der Waals surface area contributed by atoms with Crippen molar-refractivity contribution in [2.45, 2.75) is 49.9 Å². The maximum atomic E-state index is 6.22. The summed E-state index contributed by atoms with van der Waals surface area (Å²) in [6.07, 6.45) is 6.31. The molecule has 3 rings (SSSR count). The summed E-state index contributed by atoms with van der Waals surface area (Å²) in [5.74, 6) is 0. The van der Waals surface area contributed by atoms with Crippen LogP contribution in [0, 0.1) is 0 Å². The van der Waals surface area contributed by atoms with Gasteiger partial charge in [0.25, 0.3) is 0 Å². The second-order valence-corrected chi connectivity index (χ2v) is 5.55. The zero-order valence-corrected chi connectivity index (χ0v) is 10.5. The first-order valence-corrected chi connectivity index (χ1v) is 6.94. The molecule has 4 nitrogen and oxygen atoms in total. The Morgan fingerprint density at radius 2 is 2.18 bits per heavy atom. The average molecular weight is 241 g/mol. The molecule has 3 aliphatic rings. The molecule has 3 unspecified atom stereocenters. The minimum atomic E-state index is -0.0228. The van der Waals surface area contributed by atoms with Crippen LogP contribution in [0.1, 0.15) is 32.1 Å². The quantitative estimate of drug-likeness (QED) is 0.785. The predicted molar refractivity (Wildman–Crippen MR) is 64.1 cm³/mol. The molecule has 0 aliphatic carbocycles. The third-order valence-corrected chi connectivity index (χ3v) is 4.15. The van der Waals surface area contributed by atoms with Crippen LogP contribution in [0.15, 0.2) is 0 Å². The number of hydrogen-bond acceptors (Lipinski definition) is 4. The molecule has 3 heterocycles. The second kappa shape index (κ2) is 5.22. The van der Waals surface area contributed by atoms with Gasteiger partial charge in [-0.05, 0) is 25.8 Å². The highest BCUT2D eigenvalue weighted by molar-refractivity contribution is 4.91. The van der Waals surface area contributed by atoms with E-state index >= 15 is 0 Å². The Labute approximate surface area is 103 Å². The second-order valence-electron chi connectivity index (χ2n) is 5.55. The molecule has 4 heteroatoms. The molecule has 0 amide bonds. The molecule has 0 aromatic carbocycles. The number of ether oxygens (including phenoxy) is 3. The molecule has 0 saturated carbocycles. The monoisotopic (exact) mass is 241 g/mol. The van der Waals surface area contributed by atoms with Crippen LogP contribution in [0.2, 0.25) is 0 Å². The van der Waals surface area contributed by atoms with Crippen molar-refractivity contribution < 1.29 is 14.2 Å². The van der Waals surface area contributed by atoms with Crippen molar-refractivity contribution in [1.82, 2.24) is 5.32 Å². The summed E-state index contributed by atoms with van der Waals surface area (Å²) in [4.78, 5) is 0. The Balaban J connectivity index is 1.52. The van der Waals surface area contributed by atoms with E-state index in [0.717, 1.165) is 52.2 Å². The lowest BCUT2D eigenvalue weighted by atomic mass is 9.91. The van der Waals surface area contributed by atoms with Crippen LogP contribution >= 0.6 is 0 Å². The van der Waals surface area contributed by atoms with E-state index in [0.29, 0.717) is 12.2 Å². The number of nitrogens with one attached hydrogen (secondary N) is 1. The molecule has 98 valence electrons. The molecule has 0 aromatic heterocycles. The molecule has 0 radical (unpaired) electrons. The smallest absolute Gasteiger partial charge is 0.0961 e. The number of rotatable bonds is 2. The first-order valence-electron chi connectivity index (χ1n) is 6.94. The predicted octanol–water partition coefficient (Wildman–Crippen LogP) is 1.09. The van der Waals surface area contributed by atoms with Gasteiger partial charge in [-0.2, -0.15) is 0 Å². The van der Waals surface area contributed by atoms with Crippen molar-refractivity contribution in [2.24, 2.45) is 0 Å². The van der Waals surface area contributed by atoms with Gasteiger partial charge in [-0.15, -0.1) is 0 Å². The van der Waals surface area contributed by atoms with Crippen molar-refractivity contribution >= 4 is 0 Å². The summed E-state index contributed by atoms with van der Waals surface area (Å²) in [6, 6.07) is 0. The lowest BCUT2D eigenvalue weighted by Gasteiger charge is -2.39. The van der Waals surface area contributed by atoms with Crippen molar-refractivity contribution in [1.29, 1.82) is 0 Å². The molecule has 0 aromatic rings. The topological polar surface area (TPSA) is 39.7 Å². The Hall–Kier alpha value is -0.160. The highest BCUT2D eigenvalue weighted by Crippen LogP contribution is 2.34. The lowest BCUT2D eigenvalue weighted by molar-refractivity contribution is -0.149. The summed E-state index contributed by atoms with van der Waals surface area (Å²) in [6.45, 7) is 4.59. The molecular formula is C13H23NO3. The van der Waals surface area contributed by atoms with E-state index in [1.807, 2.05) is 0 Å². The molecule has 3 atom stereocenters. The van der Waals surface area contributed by atoms with E-state index in [9.17, 15) is 0 Å². The largest absolute Gasteiger partial charge is 0.378 e. The van der Waals surface area contributed by atoms with E-state index in [4.69, 9.17) is 14.2 Å². The van der Waals surface area contributed by atoms with Crippen molar-refractivity contribution in [3.8, 4) is 0 Å². The SMILES string of the molecule is C1CNCC(OC2CCOC3(CCOC3)C2)C1. The zero-order valence-electron chi connectivity index (χ0n) is 10.5. The van der Waals surface area contributed by atoms with Gasteiger partial charge in [-0.25, -0.2) is 0 Å². The van der Waals surface area contributed by atoms with Gasteiger partial charge in [0.2, 0.25) is 0 Å². The van der Waals surface area contributed by atoms with Crippen LogP contribution in [0.25, 0.3) is 0 Å². The van der Waals surface area contributed by atoms with Crippen LogP contribution in [0.4, 0.5) is 0 Å². The van der Waals surface area contributed by atoms with Crippen LogP contribution < -0.4 is 5.32 Å². The van der Waals surface area contributed by atoms with Crippen LogP contribution in [0.5, 0.6) is 0 Å². The highest BCUT2D eigenvalue weighted by Gasteiger charge is 2.41. The van der Waals surface area contributed by atoms with Crippen molar-refractivity contribution in [3.05, 3.63) is 0 Å². The number of hydrogen-bond donors (Lipinski definition) is 1. The molecule has 17 heavy (non-hydrogen) atoms. The van der Waals surface area contributed by atoms with Gasteiger partial charge in [0, 0.05) is 32.6 Å². The molecule has 1 N–H and O–H groups in total. The lowest BCUT2D eigenvalue weighted by Crippen LogP contribution is -2.46. The molecule has 3 aliphatic heterocycles. The minimum absolute atomic E-state index is 0.0228. The molecular weight excluding hydrogens is 218 g/mol. The Morgan fingerprint density at radius 3 is 2.94 bits per heavy atom. The summed E-state index contributed by atoms with van der Waals surface area (Å²) in [5.41, 5.74) is -0.0228. The fraction of sp³-hybridized carbons (Fsp3) is 1.00. The van der Waals surface area contributed by atoms with E-state index in [1.54, 1.807) is 0 Å². The van der Waals surface area contributed by atoms with E-state index in [1.165, 1.54) is 12.8 Å². The first kappa shape index (κ1) is 11.9. The number of piperidine rings is 1. The Kier molecular flexibility index (Phi) is 3.66. The molecule has 3 saturated heterocycles. The van der Waals surface area contributed by atoms with Crippen molar-refractivity contribution in [3.63, 3.8) is 0 Å². The molecule has 1 spiro atoms.